The number of sulfone groups is 1. The van der Waals surface area contributed by atoms with Crippen LogP contribution in [0.1, 0.15) is 35.5 Å². The molecule has 6 nitrogen and oxygen atoms in total. The van der Waals surface area contributed by atoms with E-state index in [0.29, 0.717) is 29.6 Å². The second kappa shape index (κ2) is 7.99. The number of carbonyl (C=O) groups is 1. The van der Waals surface area contributed by atoms with Crippen LogP contribution in [0.5, 0.6) is 0 Å². The largest absolute Gasteiger partial charge is 0.467 e. The minimum atomic E-state index is -3.35. The van der Waals surface area contributed by atoms with E-state index < -0.39 is 9.84 Å². The van der Waals surface area contributed by atoms with Gasteiger partial charge in [0.05, 0.1) is 29.0 Å². The predicted molar refractivity (Wildman–Crippen MR) is 117 cm³/mol. The van der Waals surface area contributed by atoms with Crippen LogP contribution in [-0.4, -0.2) is 26.1 Å². The zero-order valence-corrected chi connectivity index (χ0v) is 17.8. The summed E-state index contributed by atoms with van der Waals surface area (Å²) in [7, 11) is -3.35. The lowest BCUT2D eigenvalue weighted by atomic mass is 10.1. The van der Waals surface area contributed by atoms with E-state index in [9.17, 15) is 13.2 Å². The molecule has 0 fully saturated rings. The molecule has 0 radical (unpaired) electrons. The Morgan fingerprint density at radius 3 is 2.77 bits per heavy atom. The Morgan fingerprint density at radius 2 is 1.97 bits per heavy atom. The van der Waals surface area contributed by atoms with Gasteiger partial charge in [-0.3, -0.25) is 4.79 Å². The molecule has 1 aromatic heterocycles. The highest BCUT2D eigenvalue weighted by Gasteiger charge is 2.28. The maximum absolute atomic E-state index is 12.9. The van der Waals surface area contributed by atoms with Crippen LogP contribution >= 0.6 is 0 Å². The van der Waals surface area contributed by atoms with E-state index in [4.69, 9.17) is 4.42 Å². The molecule has 1 aliphatic heterocycles. The van der Waals surface area contributed by atoms with Crippen molar-refractivity contribution in [2.24, 2.45) is 0 Å². The number of hydrogen-bond acceptors (Lipinski definition) is 5. The van der Waals surface area contributed by atoms with Gasteiger partial charge in [-0.15, -0.1) is 0 Å². The Balaban J connectivity index is 1.54. The molecule has 30 heavy (non-hydrogen) atoms. The van der Waals surface area contributed by atoms with Crippen molar-refractivity contribution in [2.75, 3.05) is 16.0 Å². The monoisotopic (exact) mass is 424 g/mol. The molecule has 2 aromatic carbocycles. The van der Waals surface area contributed by atoms with Crippen LogP contribution in [0.3, 0.4) is 0 Å². The first-order valence-electron chi connectivity index (χ1n) is 9.94. The molecule has 1 atom stereocenters. The lowest BCUT2D eigenvalue weighted by Gasteiger charge is -2.24. The lowest BCUT2D eigenvalue weighted by Crippen LogP contribution is -2.29. The van der Waals surface area contributed by atoms with Gasteiger partial charge in [-0.1, -0.05) is 31.2 Å². The predicted octanol–water partition coefficient (Wildman–Crippen LogP) is 4.28. The highest BCUT2D eigenvalue weighted by Crippen LogP contribution is 2.33. The molecule has 156 valence electrons. The van der Waals surface area contributed by atoms with Gasteiger partial charge in [0, 0.05) is 17.4 Å². The molecule has 0 spiro atoms. The van der Waals surface area contributed by atoms with Crippen LogP contribution in [-0.2, 0) is 22.8 Å². The number of amides is 1. The summed E-state index contributed by atoms with van der Waals surface area (Å²) in [6.45, 7) is 4.23. The fraction of sp³-hybridized carbons (Fsp3) is 0.261. The molecule has 3 aromatic rings. The first-order chi connectivity index (χ1) is 14.4. The molecule has 0 saturated carbocycles. The van der Waals surface area contributed by atoms with Crippen LogP contribution in [0.2, 0.25) is 0 Å². The number of fused-ring (bicyclic) bond motifs is 1. The Bertz CT molecular complexity index is 1180. The summed E-state index contributed by atoms with van der Waals surface area (Å²) in [4.78, 5) is 15.3. The van der Waals surface area contributed by atoms with Gasteiger partial charge in [-0.25, -0.2) is 8.42 Å². The molecule has 1 aliphatic rings. The fourth-order valence-electron chi connectivity index (χ4n) is 3.82. The van der Waals surface area contributed by atoms with Crippen molar-refractivity contribution in [1.29, 1.82) is 0 Å². The van der Waals surface area contributed by atoms with Gasteiger partial charge in [0.2, 0.25) is 0 Å². The molecule has 1 amide bonds. The van der Waals surface area contributed by atoms with Crippen LogP contribution < -0.4 is 10.2 Å². The molecule has 2 heterocycles. The Hall–Kier alpha value is -3.06. The van der Waals surface area contributed by atoms with E-state index >= 15 is 0 Å². The number of nitrogens with zero attached hydrogens (tertiary/aromatic N) is 1. The number of carbonyl (C=O) groups excluding carboxylic acids is 1. The van der Waals surface area contributed by atoms with E-state index in [1.54, 1.807) is 25.1 Å². The molecule has 1 N–H and O–H groups in total. The smallest absolute Gasteiger partial charge is 0.259 e. The summed E-state index contributed by atoms with van der Waals surface area (Å²) in [6, 6.07) is 16.5. The highest BCUT2D eigenvalue weighted by atomic mass is 32.2. The van der Waals surface area contributed by atoms with Crippen molar-refractivity contribution in [3.63, 3.8) is 0 Å². The first-order valence-corrected chi connectivity index (χ1v) is 11.6. The van der Waals surface area contributed by atoms with Crippen LogP contribution in [0, 0.1) is 0 Å². The lowest BCUT2D eigenvalue weighted by molar-refractivity contribution is 0.102. The Morgan fingerprint density at radius 1 is 1.17 bits per heavy atom. The maximum atomic E-state index is 12.9. The summed E-state index contributed by atoms with van der Waals surface area (Å²) < 4.78 is 29.9. The van der Waals surface area contributed by atoms with Crippen molar-refractivity contribution < 1.29 is 17.6 Å². The van der Waals surface area contributed by atoms with Gasteiger partial charge in [0.15, 0.2) is 9.84 Å². The van der Waals surface area contributed by atoms with E-state index in [1.165, 1.54) is 24.0 Å². The first kappa shape index (κ1) is 20.2. The maximum Gasteiger partial charge on any atom is 0.259 e. The molecular weight excluding hydrogens is 400 g/mol. The summed E-state index contributed by atoms with van der Waals surface area (Å²) in [6.07, 6.45) is 2.46. The summed E-state index contributed by atoms with van der Waals surface area (Å²) in [5.41, 5.74) is 3.32. The second-order valence-corrected chi connectivity index (χ2v) is 9.73. The zero-order chi connectivity index (χ0) is 21.3. The van der Waals surface area contributed by atoms with E-state index in [-0.39, 0.29) is 16.6 Å². The number of rotatable bonds is 6. The van der Waals surface area contributed by atoms with Crippen LogP contribution in [0.4, 0.5) is 11.4 Å². The standard InChI is InChI=1S/C23H24N2O4S/c1-3-30(27,28)19-9-6-8-18(14-19)24-23(26)20-11-12-29-22(20)15-25-16(2)13-17-7-4-5-10-21(17)25/h4-12,14,16H,3,13,15H2,1-2H3,(H,24,26). The zero-order valence-electron chi connectivity index (χ0n) is 17.0. The Kier molecular flexibility index (Phi) is 5.39. The minimum Gasteiger partial charge on any atom is -0.467 e. The third-order valence-electron chi connectivity index (χ3n) is 5.48. The average Bonchev–Trinajstić information content (AvgIpc) is 3.33. The van der Waals surface area contributed by atoms with Crippen molar-refractivity contribution in [2.45, 2.75) is 37.8 Å². The summed E-state index contributed by atoms with van der Waals surface area (Å²) in [5, 5.41) is 2.79. The Labute approximate surface area is 176 Å². The average molecular weight is 425 g/mol. The third kappa shape index (κ3) is 3.85. The molecule has 0 aliphatic carbocycles. The van der Waals surface area contributed by atoms with Gasteiger partial charge < -0.3 is 14.6 Å². The minimum absolute atomic E-state index is 0.00573. The van der Waals surface area contributed by atoms with Crippen molar-refractivity contribution >= 4 is 27.1 Å². The number of benzene rings is 2. The van der Waals surface area contributed by atoms with Crippen LogP contribution in [0.25, 0.3) is 0 Å². The number of furan rings is 1. The SMILES string of the molecule is CCS(=O)(=O)c1cccc(NC(=O)c2ccoc2CN2c3ccccc3CC2C)c1. The van der Waals surface area contributed by atoms with Crippen molar-refractivity contribution in [1.82, 2.24) is 0 Å². The van der Waals surface area contributed by atoms with Gasteiger partial charge in [-0.05, 0) is 49.2 Å². The molecular formula is C23H24N2O4S. The number of para-hydroxylation sites is 1. The molecule has 1 unspecified atom stereocenters. The summed E-state index contributed by atoms with van der Waals surface area (Å²) >= 11 is 0. The van der Waals surface area contributed by atoms with Crippen molar-refractivity contribution in [3.8, 4) is 0 Å². The van der Waals surface area contributed by atoms with Gasteiger partial charge in [0.25, 0.3) is 5.91 Å². The fourth-order valence-corrected chi connectivity index (χ4v) is 4.75. The molecule has 4 rings (SSSR count). The normalized spacial score (nSPS) is 15.8. The van der Waals surface area contributed by atoms with E-state index in [0.717, 1.165) is 12.1 Å². The van der Waals surface area contributed by atoms with E-state index in [1.807, 2.05) is 12.1 Å². The van der Waals surface area contributed by atoms with Crippen LogP contribution in [0.15, 0.2) is 70.2 Å². The topological polar surface area (TPSA) is 79.6 Å². The number of hydrogen-bond donors (Lipinski definition) is 1. The number of anilines is 2. The molecule has 0 bridgehead atoms. The quantitative estimate of drug-likeness (QED) is 0.639. The second-order valence-electron chi connectivity index (χ2n) is 7.45. The summed E-state index contributed by atoms with van der Waals surface area (Å²) in [5.74, 6) is 0.254. The van der Waals surface area contributed by atoms with Gasteiger partial charge >= 0.3 is 0 Å². The highest BCUT2D eigenvalue weighted by molar-refractivity contribution is 7.91. The number of nitrogens with one attached hydrogen (secondary N) is 1. The van der Waals surface area contributed by atoms with Gasteiger partial charge in [-0.2, -0.15) is 0 Å². The van der Waals surface area contributed by atoms with Crippen molar-refractivity contribution in [3.05, 3.63) is 77.7 Å². The molecule has 0 saturated heterocycles. The van der Waals surface area contributed by atoms with Gasteiger partial charge in [0.1, 0.15) is 5.76 Å². The third-order valence-corrected chi connectivity index (χ3v) is 7.22. The van der Waals surface area contributed by atoms with E-state index in [2.05, 4.69) is 29.3 Å². The molecule has 7 heteroatoms.